The number of hydrogen-bond acceptors (Lipinski definition) is 3. The molecule has 1 aliphatic rings. The Morgan fingerprint density at radius 1 is 1.19 bits per heavy atom. The van der Waals surface area contributed by atoms with Gasteiger partial charge in [0.2, 0.25) is 5.76 Å². The maximum absolute atomic E-state index is 13.4. The van der Waals surface area contributed by atoms with Crippen LogP contribution < -0.4 is 5.43 Å². The van der Waals surface area contributed by atoms with Gasteiger partial charge in [-0.3, -0.25) is 9.59 Å². The van der Waals surface area contributed by atoms with Crippen molar-refractivity contribution in [3.63, 3.8) is 0 Å². The number of rotatable bonds is 3. The van der Waals surface area contributed by atoms with Crippen molar-refractivity contribution in [3.05, 3.63) is 79.9 Å². The van der Waals surface area contributed by atoms with E-state index in [4.69, 9.17) is 16.0 Å². The normalized spacial score (nSPS) is 16.2. The molecule has 0 aliphatic carbocycles. The van der Waals surface area contributed by atoms with Crippen molar-refractivity contribution in [2.24, 2.45) is 0 Å². The van der Waals surface area contributed by atoms with Gasteiger partial charge >= 0.3 is 0 Å². The van der Waals surface area contributed by atoms with E-state index in [1.54, 1.807) is 29.2 Å². The summed E-state index contributed by atoms with van der Waals surface area (Å²) < 4.78 is 19.2. The van der Waals surface area contributed by atoms with Crippen molar-refractivity contribution in [3.8, 4) is 0 Å². The monoisotopic (exact) mass is 385 g/mol. The van der Waals surface area contributed by atoms with Gasteiger partial charge in [-0.1, -0.05) is 30.7 Å². The van der Waals surface area contributed by atoms with Crippen molar-refractivity contribution >= 4 is 28.5 Å². The van der Waals surface area contributed by atoms with Crippen LogP contribution in [-0.2, 0) is 0 Å². The zero-order valence-corrected chi connectivity index (χ0v) is 15.6. The van der Waals surface area contributed by atoms with Gasteiger partial charge in [-0.25, -0.2) is 4.39 Å². The number of amides is 1. The third-order valence-electron chi connectivity index (χ3n) is 4.90. The maximum atomic E-state index is 13.4. The minimum atomic E-state index is -0.603. The van der Waals surface area contributed by atoms with E-state index in [0.717, 1.165) is 12.0 Å². The Morgan fingerprint density at radius 3 is 2.56 bits per heavy atom. The van der Waals surface area contributed by atoms with E-state index in [9.17, 15) is 14.0 Å². The number of carbonyl (C=O) groups excluding carboxylic acids is 1. The minimum Gasteiger partial charge on any atom is -0.450 e. The number of carbonyl (C=O) groups is 1. The third-order valence-corrected chi connectivity index (χ3v) is 5.30. The van der Waals surface area contributed by atoms with E-state index in [2.05, 4.69) is 0 Å². The lowest BCUT2D eigenvalue weighted by molar-refractivity contribution is 0.0728. The fraction of sp³-hybridized carbons (Fsp3) is 0.238. The molecule has 0 N–H and O–H groups in total. The Balaban J connectivity index is 2.02. The highest BCUT2D eigenvalue weighted by Crippen LogP contribution is 2.38. The molecule has 0 bridgehead atoms. The highest BCUT2D eigenvalue weighted by molar-refractivity contribution is 6.32. The first-order chi connectivity index (χ1) is 12.9. The summed E-state index contributed by atoms with van der Waals surface area (Å²) in [6.45, 7) is 4.22. The maximum Gasteiger partial charge on any atom is 0.290 e. The third kappa shape index (κ3) is 2.73. The van der Waals surface area contributed by atoms with Gasteiger partial charge in [0.25, 0.3) is 5.91 Å². The standard InChI is InChI=1S/C21H17ClFNO3/c1-3-8-24-18(12-4-6-13(23)7-5-12)17-19(25)14-10-15(22)11(2)9-16(14)27-20(17)21(24)26/h4-7,9-10,18H,3,8H2,1-2H3. The highest BCUT2D eigenvalue weighted by atomic mass is 35.5. The van der Waals surface area contributed by atoms with Crippen LogP contribution in [0.1, 0.15) is 46.6 Å². The quantitative estimate of drug-likeness (QED) is 0.647. The topological polar surface area (TPSA) is 50.5 Å². The molecule has 0 saturated carbocycles. The molecule has 0 radical (unpaired) electrons. The van der Waals surface area contributed by atoms with E-state index in [1.807, 2.05) is 13.8 Å². The molecular formula is C21H17ClFNO3. The van der Waals surface area contributed by atoms with Crippen LogP contribution in [0.4, 0.5) is 4.39 Å². The average molecular weight is 386 g/mol. The summed E-state index contributed by atoms with van der Waals surface area (Å²) in [5.41, 5.74) is 1.77. The first-order valence-electron chi connectivity index (χ1n) is 8.75. The summed E-state index contributed by atoms with van der Waals surface area (Å²) in [4.78, 5) is 27.8. The number of aryl methyl sites for hydroxylation is 1. The summed E-state index contributed by atoms with van der Waals surface area (Å²) in [5, 5.41) is 0.797. The molecule has 0 spiro atoms. The first-order valence-corrected chi connectivity index (χ1v) is 9.13. The predicted octanol–water partition coefficient (Wildman–Crippen LogP) is 4.85. The molecule has 1 aromatic heterocycles. The molecule has 1 atom stereocenters. The number of halogens is 2. The highest BCUT2D eigenvalue weighted by Gasteiger charge is 2.42. The lowest BCUT2D eigenvalue weighted by Gasteiger charge is -2.24. The van der Waals surface area contributed by atoms with E-state index >= 15 is 0 Å². The Kier molecular flexibility index (Phi) is 4.27. The van der Waals surface area contributed by atoms with Gasteiger partial charge in [-0.05, 0) is 48.7 Å². The van der Waals surface area contributed by atoms with Crippen molar-refractivity contribution in [1.29, 1.82) is 0 Å². The van der Waals surface area contributed by atoms with Gasteiger partial charge in [-0.2, -0.15) is 0 Å². The van der Waals surface area contributed by atoms with Crippen LogP contribution in [0.5, 0.6) is 0 Å². The Labute approximate surface area is 160 Å². The molecule has 6 heteroatoms. The molecule has 1 amide bonds. The summed E-state index contributed by atoms with van der Waals surface area (Å²) in [6.07, 6.45) is 0.718. The van der Waals surface area contributed by atoms with Crippen LogP contribution in [0.25, 0.3) is 11.0 Å². The molecule has 2 aromatic carbocycles. The van der Waals surface area contributed by atoms with E-state index < -0.39 is 6.04 Å². The second kappa shape index (κ2) is 6.50. The molecule has 2 heterocycles. The van der Waals surface area contributed by atoms with Crippen LogP contribution in [0, 0.1) is 12.7 Å². The van der Waals surface area contributed by atoms with E-state index in [-0.39, 0.29) is 28.5 Å². The Bertz CT molecular complexity index is 1120. The number of nitrogens with zero attached hydrogens (tertiary/aromatic N) is 1. The second-order valence-electron chi connectivity index (χ2n) is 6.72. The molecule has 4 rings (SSSR count). The lowest BCUT2D eigenvalue weighted by Crippen LogP contribution is -2.30. The smallest absolute Gasteiger partial charge is 0.290 e. The lowest BCUT2D eigenvalue weighted by atomic mass is 9.98. The largest absolute Gasteiger partial charge is 0.450 e. The van der Waals surface area contributed by atoms with Crippen LogP contribution in [0.3, 0.4) is 0 Å². The van der Waals surface area contributed by atoms with Gasteiger partial charge in [0.15, 0.2) is 5.43 Å². The zero-order valence-electron chi connectivity index (χ0n) is 14.9. The van der Waals surface area contributed by atoms with E-state index in [1.165, 1.54) is 12.1 Å². The number of hydrogen-bond donors (Lipinski definition) is 0. The fourth-order valence-electron chi connectivity index (χ4n) is 3.60. The molecule has 1 aliphatic heterocycles. The number of fused-ring (bicyclic) bond motifs is 2. The predicted molar refractivity (Wildman–Crippen MR) is 102 cm³/mol. The van der Waals surface area contributed by atoms with Gasteiger partial charge in [-0.15, -0.1) is 0 Å². The molecule has 0 fully saturated rings. The summed E-state index contributed by atoms with van der Waals surface area (Å²) in [7, 11) is 0. The van der Waals surface area contributed by atoms with Crippen molar-refractivity contribution in [2.75, 3.05) is 6.54 Å². The summed E-state index contributed by atoms with van der Waals surface area (Å²) in [6, 6.07) is 8.48. The Hall–Kier alpha value is -2.66. The van der Waals surface area contributed by atoms with Crippen LogP contribution in [0.15, 0.2) is 45.6 Å². The SMILES string of the molecule is CCCN1C(=O)c2oc3cc(C)c(Cl)cc3c(=O)c2C1c1ccc(F)cc1. The van der Waals surface area contributed by atoms with Crippen molar-refractivity contribution in [2.45, 2.75) is 26.3 Å². The fourth-order valence-corrected chi connectivity index (χ4v) is 3.77. The molecule has 138 valence electrons. The minimum absolute atomic E-state index is 0.0528. The van der Waals surface area contributed by atoms with Crippen LogP contribution in [0.2, 0.25) is 5.02 Å². The van der Waals surface area contributed by atoms with Gasteiger partial charge in [0.05, 0.1) is 17.0 Å². The van der Waals surface area contributed by atoms with Crippen molar-refractivity contribution in [1.82, 2.24) is 4.90 Å². The summed E-state index contributed by atoms with van der Waals surface area (Å²) in [5.74, 6) is -0.650. The van der Waals surface area contributed by atoms with E-state index in [0.29, 0.717) is 28.1 Å². The molecule has 1 unspecified atom stereocenters. The first kappa shape index (κ1) is 17.7. The van der Waals surface area contributed by atoms with Crippen LogP contribution >= 0.6 is 11.6 Å². The number of benzene rings is 2. The molecule has 4 nitrogen and oxygen atoms in total. The molecule has 27 heavy (non-hydrogen) atoms. The van der Waals surface area contributed by atoms with Gasteiger partial charge in [0.1, 0.15) is 11.4 Å². The second-order valence-corrected chi connectivity index (χ2v) is 7.13. The Morgan fingerprint density at radius 2 is 1.89 bits per heavy atom. The van der Waals surface area contributed by atoms with Crippen molar-refractivity contribution < 1.29 is 13.6 Å². The average Bonchev–Trinajstić information content (AvgIpc) is 2.91. The molecular weight excluding hydrogens is 369 g/mol. The van der Waals surface area contributed by atoms with Gasteiger partial charge in [0, 0.05) is 11.6 Å². The van der Waals surface area contributed by atoms with Gasteiger partial charge < -0.3 is 9.32 Å². The zero-order chi connectivity index (χ0) is 19.3. The summed E-state index contributed by atoms with van der Waals surface area (Å²) >= 11 is 6.19. The molecule has 0 saturated heterocycles. The molecule has 3 aromatic rings. The van der Waals surface area contributed by atoms with Crippen LogP contribution in [-0.4, -0.2) is 17.4 Å².